The van der Waals surface area contributed by atoms with E-state index >= 15 is 0 Å². The number of aromatic nitrogens is 2. The number of benzene rings is 2. The van der Waals surface area contributed by atoms with E-state index in [-0.39, 0.29) is 5.82 Å². The van der Waals surface area contributed by atoms with Gasteiger partial charge in [0.25, 0.3) is 0 Å². The molecule has 106 valence electrons. The van der Waals surface area contributed by atoms with Gasteiger partial charge in [-0.25, -0.2) is 9.07 Å². The monoisotopic (exact) mass is 281 g/mol. The zero-order valence-corrected chi connectivity index (χ0v) is 11.8. The van der Waals surface area contributed by atoms with Crippen LogP contribution in [0, 0.1) is 5.82 Å². The summed E-state index contributed by atoms with van der Waals surface area (Å²) >= 11 is 0. The van der Waals surface area contributed by atoms with Crippen molar-refractivity contribution < 1.29 is 4.39 Å². The first kappa shape index (κ1) is 13.5. The van der Waals surface area contributed by atoms with Gasteiger partial charge in [0.15, 0.2) is 0 Å². The summed E-state index contributed by atoms with van der Waals surface area (Å²) in [5, 5.41) is 7.45. The highest BCUT2D eigenvalue weighted by molar-refractivity contribution is 5.62. The molecule has 0 aliphatic carbocycles. The van der Waals surface area contributed by atoms with Gasteiger partial charge in [-0.05, 0) is 36.4 Å². The average Bonchev–Trinajstić information content (AvgIpc) is 2.98. The predicted octanol–water partition coefficient (Wildman–Crippen LogP) is 3.40. The summed E-state index contributed by atoms with van der Waals surface area (Å²) < 4.78 is 15.2. The summed E-state index contributed by atoms with van der Waals surface area (Å²) in [4.78, 5) is 0. The van der Waals surface area contributed by atoms with Crippen LogP contribution >= 0.6 is 0 Å². The molecule has 0 unspecified atom stereocenters. The zero-order valence-electron chi connectivity index (χ0n) is 11.8. The SMILES string of the molecule is CNCc1cc(F)ccc1-n1cc(-c2ccccc2)cn1. The molecule has 2 aromatic carbocycles. The van der Waals surface area contributed by atoms with Crippen molar-refractivity contribution in [1.29, 1.82) is 0 Å². The number of halogens is 1. The Morgan fingerprint density at radius 3 is 2.67 bits per heavy atom. The van der Waals surface area contributed by atoms with Gasteiger partial charge in [0.2, 0.25) is 0 Å². The molecule has 1 N–H and O–H groups in total. The first-order valence-corrected chi connectivity index (χ1v) is 6.81. The van der Waals surface area contributed by atoms with Crippen molar-refractivity contribution in [3.63, 3.8) is 0 Å². The molecule has 0 spiro atoms. The molecule has 0 fully saturated rings. The van der Waals surface area contributed by atoms with Crippen LogP contribution in [0.4, 0.5) is 4.39 Å². The number of rotatable bonds is 4. The van der Waals surface area contributed by atoms with Crippen LogP contribution in [0.15, 0.2) is 60.9 Å². The maximum absolute atomic E-state index is 13.4. The third-order valence-electron chi connectivity index (χ3n) is 3.35. The van der Waals surface area contributed by atoms with Gasteiger partial charge in [-0.1, -0.05) is 30.3 Å². The molecule has 0 bridgehead atoms. The highest BCUT2D eigenvalue weighted by Crippen LogP contribution is 2.21. The van der Waals surface area contributed by atoms with Crippen LogP contribution in [0.3, 0.4) is 0 Å². The molecule has 21 heavy (non-hydrogen) atoms. The van der Waals surface area contributed by atoms with E-state index in [4.69, 9.17) is 0 Å². The van der Waals surface area contributed by atoms with Crippen LogP contribution in [-0.4, -0.2) is 16.8 Å². The van der Waals surface area contributed by atoms with Gasteiger partial charge < -0.3 is 5.32 Å². The maximum atomic E-state index is 13.4. The molecule has 1 heterocycles. The lowest BCUT2D eigenvalue weighted by Gasteiger charge is -2.09. The minimum Gasteiger partial charge on any atom is -0.316 e. The van der Waals surface area contributed by atoms with Gasteiger partial charge in [0.1, 0.15) is 5.82 Å². The molecule has 0 amide bonds. The third kappa shape index (κ3) is 2.85. The minimum atomic E-state index is -0.237. The summed E-state index contributed by atoms with van der Waals surface area (Å²) in [6.07, 6.45) is 3.78. The fourth-order valence-corrected chi connectivity index (χ4v) is 2.34. The summed E-state index contributed by atoms with van der Waals surface area (Å²) in [5.74, 6) is -0.237. The quantitative estimate of drug-likeness (QED) is 0.794. The van der Waals surface area contributed by atoms with Crippen molar-refractivity contribution in [3.05, 3.63) is 72.3 Å². The molecule has 0 aliphatic rings. The highest BCUT2D eigenvalue weighted by atomic mass is 19.1. The molecule has 4 heteroatoms. The van der Waals surface area contributed by atoms with Crippen molar-refractivity contribution in [2.24, 2.45) is 0 Å². The summed E-state index contributed by atoms with van der Waals surface area (Å²) in [6, 6.07) is 14.8. The zero-order chi connectivity index (χ0) is 14.7. The molecule has 0 atom stereocenters. The molecule has 0 aliphatic heterocycles. The second kappa shape index (κ2) is 5.89. The summed E-state index contributed by atoms with van der Waals surface area (Å²) in [7, 11) is 1.84. The largest absolute Gasteiger partial charge is 0.316 e. The Hall–Kier alpha value is -2.46. The second-order valence-electron chi connectivity index (χ2n) is 4.84. The van der Waals surface area contributed by atoms with Gasteiger partial charge in [-0.3, -0.25) is 0 Å². The Morgan fingerprint density at radius 2 is 1.90 bits per heavy atom. The standard InChI is InChI=1S/C17H16FN3/c1-19-10-14-9-16(18)7-8-17(14)21-12-15(11-20-21)13-5-3-2-4-6-13/h2-9,11-12,19H,10H2,1H3. The maximum Gasteiger partial charge on any atom is 0.123 e. The second-order valence-corrected chi connectivity index (χ2v) is 4.84. The van der Waals surface area contributed by atoms with Gasteiger partial charge in [0, 0.05) is 18.3 Å². The van der Waals surface area contributed by atoms with Gasteiger partial charge in [-0.2, -0.15) is 5.10 Å². The van der Waals surface area contributed by atoms with Gasteiger partial charge in [-0.15, -0.1) is 0 Å². The molecule has 0 saturated heterocycles. The molecular weight excluding hydrogens is 265 g/mol. The summed E-state index contributed by atoms with van der Waals surface area (Å²) in [6.45, 7) is 0.591. The van der Waals surface area contributed by atoms with Gasteiger partial charge >= 0.3 is 0 Å². The van der Waals surface area contributed by atoms with Crippen molar-refractivity contribution >= 4 is 0 Å². The lowest BCUT2D eigenvalue weighted by atomic mass is 10.1. The van der Waals surface area contributed by atoms with Crippen molar-refractivity contribution in [3.8, 4) is 16.8 Å². The molecule has 1 aromatic heterocycles. The van der Waals surface area contributed by atoms with E-state index in [0.29, 0.717) is 6.54 Å². The van der Waals surface area contributed by atoms with Gasteiger partial charge in [0.05, 0.1) is 11.9 Å². The topological polar surface area (TPSA) is 29.9 Å². The fraction of sp³-hybridized carbons (Fsp3) is 0.118. The van der Waals surface area contributed by atoms with Crippen LogP contribution in [0.5, 0.6) is 0 Å². The molecular formula is C17H16FN3. The lowest BCUT2D eigenvalue weighted by molar-refractivity contribution is 0.622. The van der Waals surface area contributed by atoms with E-state index in [1.54, 1.807) is 10.7 Å². The Kier molecular flexibility index (Phi) is 3.79. The molecule has 0 radical (unpaired) electrons. The first-order valence-electron chi connectivity index (χ1n) is 6.81. The van der Waals surface area contributed by atoms with Crippen LogP contribution in [0.2, 0.25) is 0 Å². The molecule has 3 rings (SSSR count). The third-order valence-corrected chi connectivity index (χ3v) is 3.35. The highest BCUT2D eigenvalue weighted by Gasteiger charge is 2.08. The fourth-order valence-electron chi connectivity index (χ4n) is 2.34. The van der Waals surface area contributed by atoms with E-state index in [9.17, 15) is 4.39 Å². The van der Waals surface area contributed by atoms with Crippen molar-refractivity contribution in [2.75, 3.05) is 7.05 Å². The smallest absolute Gasteiger partial charge is 0.123 e. The number of nitrogens with zero attached hydrogens (tertiary/aromatic N) is 2. The van der Waals surface area contributed by atoms with E-state index in [1.165, 1.54) is 12.1 Å². The Balaban J connectivity index is 2.00. The van der Waals surface area contributed by atoms with Crippen molar-refractivity contribution in [1.82, 2.24) is 15.1 Å². The molecule has 3 nitrogen and oxygen atoms in total. The lowest BCUT2D eigenvalue weighted by Crippen LogP contribution is -2.09. The number of hydrogen-bond acceptors (Lipinski definition) is 2. The summed E-state index contributed by atoms with van der Waals surface area (Å²) in [5.41, 5.74) is 3.91. The van der Waals surface area contributed by atoms with E-state index in [2.05, 4.69) is 10.4 Å². The predicted molar refractivity (Wildman–Crippen MR) is 81.7 cm³/mol. The van der Waals surface area contributed by atoms with E-state index in [1.807, 2.05) is 49.8 Å². The van der Waals surface area contributed by atoms with Crippen LogP contribution in [0.1, 0.15) is 5.56 Å². The van der Waals surface area contributed by atoms with Crippen LogP contribution < -0.4 is 5.32 Å². The molecule has 0 saturated carbocycles. The Labute approximate surface area is 123 Å². The van der Waals surface area contributed by atoms with E-state index < -0.39 is 0 Å². The average molecular weight is 281 g/mol. The Morgan fingerprint density at radius 1 is 1.10 bits per heavy atom. The Bertz CT molecular complexity index is 735. The van der Waals surface area contributed by atoms with Crippen molar-refractivity contribution in [2.45, 2.75) is 6.54 Å². The van der Waals surface area contributed by atoms with E-state index in [0.717, 1.165) is 22.4 Å². The number of nitrogens with one attached hydrogen (secondary N) is 1. The van der Waals surface area contributed by atoms with Crippen LogP contribution in [-0.2, 0) is 6.54 Å². The first-order chi connectivity index (χ1) is 10.3. The molecule has 3 aromatic rings. The number of hydrogen-bond donors (Lipinski definition) is 1. The minimum absolute atomic E-state index is 0.237. The normalized spacial score (nSPS) is 10.8. The van der Waals surface area contributed by atoms with Crippen LogP contribution in [0.25, 0.3) is 16.8 Å².